The van der Waals surface area contributed by atoms with E-state index in [4.69, 9.17) is 42.3 Å². The van der Waals surface area contributed by atoms with Crippen molar-refractivity contribution in [3.63, 3.8) is 0 Å². The van der Waals surface area contributed by atoms with Gasteiger partial charge in [0.2, 0.25) is 18.1 Å². The van der Waals surface area contributed by atoms with Crippen LogP contribution in [0.2, 0.25) is 0 Å². The summed E-state index contributed by atoms with van der Waals surface area (Å²) >= 11 is 0. The van der Waals surface area contributed by atoms with Gasteiger partial charge < -0.3 is 42.3 Å². The first-order valence-electron chi connectivity index (χ1n) is 18.0. The highest BCUT2D eigenvalue weighted by molar-refractivity contribution is 5.90. The maximum absolute atomic E-state index is 14.1. The van der Waals surface area contributed by atoms with Crippen LogP contribution in [0.25, 0.3) is 22.3 Å². The minimum atomic E-state index is -1.65. The fraction of sp³-hybridized carbons (Fsp3) is 0.279. The Bertz CT molecular complexity index is 2250. The standard InChI is InChI=1S/C43H40O14/c1-25(44)49-24-36-39(52-26(2)45)41(53-27(3)46)42(54-28(4)47)43(57-36)56-35-21-34-37(32(48)20-33(55-34)31-18-12-7-13-19-31)40(51-23-30-16-10-6-11-17-30)38(35)50-22-29-14-8-5-9-15-29/h5-21,36,39,41-43H,22-24H2,1-4H3/t36-,39-,41+,42-,43-/m1/s1. The van der Waals surface area contributed by atoms with Gasteiger partial charge in [-0.15, -0.1) is 0 Å². The number of rotatable bonds is 14. The van der Waals surface area contributed by atoms with E-state index in [0.29, 0.717) is 5.56 Å². The van der Waals surface area contributed by atoms with Crippen molar-refractivity contribution in [1.29, 1.82) is 0 Å². The van der Waals surface area contributed by atoms with Gasteiger partial charge in [-0.1, -0.05) is 91.0 Å². The lowest BCUT2D eigenvalue weighted by molar-refractivity contribution is -0.288. The summed E-state index contributed by atoms with van der Waals surface area (Å²) in [7, 11) is 0. The number of carbonyl (C=O) groups excluding carboxylic acids is 4. The van der Waals surface area contributed by atoms with Gasteiger partial charge in [0.25, 0.3) is 0 Å². The third-order valence-electron chi connectivity index (χ3n) is 8.60. The first-order chi connectivity index (χ1) is 27.5. The van der Waals surface area contributed by atoms with Gasteiger partial charge in [-0.25, -0.2) is 0 Å². The van der Waals surface area contributed by atoms with Gasteiger partial charge in [-0.2, -0.15) is 0 Å². The fourth-order valence-corrected chi connectivity index (χ4v) is 6.22. The summed E-state index contributed by atoms with van der Waals surface area (Å²) in [4.78, 5) is 63.5. The molecule has 1 aliphatic rings. The Balaban J connectivity index is 1.55. The SMILES string of the molecule is CC(=O)OC[C@H]1O[C@@H](Oc2cc3oc(-c4ccccc4)cc(=O)c3c(OCc3ccccc3)c2OCc2ccccc2)[C@H](OC(C)=O)[C@@H](OC(C)=O)[C@@H]1OC(C)=O. The molecule has 296 valence electrons. The second-order valence-corrected chi connectivity index (χ2v) is 13.0. The highest BCUT2D eigenvalue weighted by atomic mass is 16.7. The highest BCUT2D eigenvalue weighted by Gasteiger charge is 2.53. The lowest BCUT2D eigenvalue weighted by Gasteiger charge is -2.44. The number of fused-ring (bicyclic) bond motifs is 1. The Morgan fingerprint density at radius 2 is 1.14 bits per heavy atom. The van der Waals surface area contributed by atoms with E-state index in [1.54, 1.807) is 24.3 Å². The zero-order valence-electron chi connectivity index (χ0n) is 31.5. The van der Waals surface area contributed by atoms with Crippen LogP contribution in [0.1, 0.15) is 38.8 Å². The Kier molecular flexibility index (Phi) is 12.9. The van der Waals surface area contributed by atoms with E-state index in [-0.39, 0.29) is 47.2 Å². The molecule has 1 fully saturated rings. The molecule has 1 aromatic heterocycles. The molecule has 0 N–H and O–H groups in total. The van der Waals surface area contributed by atoms with Crippen LogP contribution in [0.4, 0.5) is 0 Å². The summed E-state index contributed by atoms with van der Waals surface area (Å²) < 4.78 is 54.0. The number of carbonyl (C=O) groups is 4. The van der Waals surface area contributed by atoms with Crippen molar-refractivity contribution in [1.82, 2.24) is 0 Å². The Hall–Kier alpha value is -6.67. The zero-order chi connectivity index (χ0) is 40.5. The Morgan fingerprint density at radius 1 is 0.614 bits per heavy atom. The molecule has 0 amide bonds. The van der Waals surface area contributed by atoms with E-state index in [1.165, 1.54) is 19.1 Å². The number of benzene rings is 4. The first-order valence-corrected chi connectivity index (χ1v) is 18.0. The summed E-state index contributed by atoms with van der Waals surface area (Å²) in [5.41, 5.74) is 1.75. The molecule has 0 radical (unpaired) electrons. The largest absolute Gasteiger partial charge is 0.484 e. The minimum Gasteiger partial charge on any atom is -0.484 e. The monoisotopic (exact) mass is 780 g/mol. The van der Waals surface area contributed by atoms with Crippen molar-refractivity contribution in [2.24, 2.45) is 0 Å². The molecular formula is C43H40O14. The van der Waals surface area contributed by atoms with E-state index < -0.39 is 66.6 Å². The van der Waals surface area contributed by atoms with Crippen molar-refractivity contribution in [2.45, 2.75) is 71.6 Å². The van der Waals surface area contributed by atoms with Crippen LogP contribution in [0.5, 0.6) is 17.2 Å². The minimum absolute atomic E-state index is 0.0000182. The third-order valence-corrected chi connectivity index (χ3v) is 8.60. The van der Waals surface area contributed by atoms with E-state index in [2.05, 4.69) is 0 Å². The molecule has 5 aromatic rings. The Labute approximate surface area is 327 Å². The molecule has 14 nitrogen and oxygen atoms in total. The second kappa shape index (κ2) is 18.3. The normalized spacial score (nSPS) is 18.8. The zero-order valence-corrected chi connectivity index (χ0v) is 31.5. The second-order valence-electron chi connectivity index (χ2n) is 13.0. The smallest absolute Gasteiger partial charge is 0.303 e. The van der Waals surface area contributed by atoms with Crippen molar-refractivity contribution in [3.8, 4) is 28.6 Å². The van der Waals surface area contributed by atoms with Gasteiger partial charge in [0.1, 0.15) is 42.7 Å². The van der Waals surface area contributed by atoms with Crippen LogP contribution in [0, 0.1) is 0 Å². The molecule has 14 heteroatoms. The summed E-state index contributed by atoms with van der Waals surface area (Å²) in [6.07, 6.45) is -7.45. The van der Waals surface area contributed by atoms with Crippen LogP contribution < -0.4 is 19.6 Å². The van der Waals surface area contributed by atoms with Crippen molar-refractivity contribution in [2.75, 3.05) is 6.61 Å². The summed E-state index contributed by atoms with van der Waals surface area (Å²) in [6.45, 7) is 4.03. The number of esters is 4. The van der Waals surface area contributed by atoms with Crippen LogP contribution >= 0.6 is 0 Å². The summed E-state index contributed by atoms with van der Waals surface area (Å²) in [5, 5.41) is 0.0440. The molecule has 1 saturated heterocycles. The van der Waals surface area contributed by atoms with Crippen LogP contribution in [-0.2, 0) is 56.1 Å². The van der Waals surface area contributed by atoms with Crippen molar-refractivity contribution < 1.29 is 61.5 Å². The fourth-order valence-electron chi connectivity index (χ4n) is 6.22. The first kappa shape index (κ1) is 40.0. The predicted octanol–water partition coefficient (Wildman–Crippen LogP) is 6.08. The van der Waals surface area contributed by atoms with Crippen LogP contribution in [0.15, 0.2) is 112 Å². The van der Waals surface area contributed by atoms with Gasteiger partial charge in [-0.05, 0) is 11.1 Å². The van der Waals surface area contributed by atoms with Gasteiger partial charge >= 0.3 is 23.9 Å². The lowest BCUT2D eigenvalue weighted by Crippen LogP contribution is -2.63. The average molecular weight is 781 g/mol. The van der Waals surface area contributed by atoms with Gasteiger partial charge in [-0.3, -0.25) is 24.0 Å². The quantitative estimate of drug-likeness (QED) is 0.0937. The summed E-state index contributed by atoms with van der Waals surface area (Å²) in [5.74, 6) is -3.03. The van der Waals surface area contributed by atoms with Gasteiger partial charge in [0.15, 0.2) is 29.1 Å². The lowest BCUT2D eigenvalue weighted by atomic mass is 9.98. The van der Waals surface area contributed by atoms with Crippen LogP contribution in [-0.4, -0.2) is 61.2 Å². The van der Waals surface area contributed by atoms with E-state index >= 15 is 0 Å². The molecule has 0 spiro atoms. The molecule has 2 heterocycles. The number of hydrogen-bond acceptors (Lipinski definition) is 14. The molecule has 6 rings (SSSR count). The predicted molar refractivity (Wildman–Crippen MR) is 202 cm³/mol. The molecular weight excluding hydrogens is 740 g/mol. The van der Waals surface area contributed by atoms with Gasteiger partial charge in [0.05, 0.1) is 0 Å². The summed E-state index contributed by atoms with van der Waals surface area (Å²) in [6, 6.07) is 30.2. The van der Waals surface area contributed by atoms with E-state index in [0.717, 1.165) is 31.9 Å². The maximum Gasteiger partial charge on any atom is 0.303 e. The van der Waals surface area contributed by atoms with Gasteiger partial charge in [0, 0.05) is 45.4 Å². The number of ether oxygens (including phenoxy) is 8. The molecule has 0 aliphatic carbocycles. The van der Waals surface area contributed by atoms with Crippen molar-refractivity contribution >= 4 is 34.8 Å². The third kappa shape index (κ3) is 10.2. The van der Waals surface area contributed by atoms with Crippen molar-refractivity contribution in [3.05, 3.63) is 124 Å². The highest BCUT2D eigenvalue weighted by Crippen LogP contribution is 2.46. The topological polar surface area (TPSA) is 172 Å². The molecule has 1 aliphatic heterocycles. The number of hydrogen-bond donors (Lipinski definition) is 0. The molecule has 0 bridgehead atoms. The molecule has 4 aromatic carbocycles. The molecule has 57 heavy (non-hydrogen) atoms. The Morgan fingerprint density at radius 3 is 1.70 bits per heavy atom. The van der Waals surface area contributed by atoms with Crippen LogP contribution in [0.3, 0.4) is 0 Å². The molecule has 0 saturated carbocycles. The molecule has 5 atom stereocenters. The average Bonchev–Trinajstić information content (AvgIpc) is 3.18. The molecule has 0 unspecified atom stereocenters. The van der Waals surface area contributed by atoms with E-state index in [1.807, 2.05) is 66.7 Å². The van der Waals surface area contributed by atoms with E-state index in [9.17, 15) is 24.0 Å². The maximum atomic E-state index is 14.1.